The largest absolute Gasteiger partial charge is 0.481 e. The molecule has 0 atom stereocenters. The standard InChI is InChI=1S/C18H19N7O2/c1-27-18-13(4-2-5-19-18)9-20-17(26)14-10-24(11-14)15-8-16(22-12-21-15)25-7-3-6-23-25/h2-8,12,14H,9-11H2,1H3,(H,20,26). The number of aromatic nitrogens is 5. The summed E-state index contributed by atoms with van der Waals surface area (Å²) in [5.41, 5.74) is 0.851. The molecule has 0 radical (unpaired) electrons. The molecule has 0 aliphatic carbocycles. The van der Waals surface area contributed by atoms with E-state index >= 15 is 0 Å². The highest BCUT2D eigenvalue weighted by atomic mass is 16.5. The summed E-state index contributed by atoms with van der Waals surface area (Å²) in [4.78, 5) is 27.1. The average Bonchev–Trinajstić information content (AvgIpc) is 3.20. The minimum atomic E-state index is -0.0733. The molecule has 0 spiro atoms. The fourth-order valence-electron chi connectivity index (χ4n) is 2.94. The predicted octanol–water partition coefficient (Wildman–Crippen LogP) is 0.818. The maximum absolute atomic E-state index is 12.4. The molecule has 0 saturated carbocycles. The number of carbonyl (C=O) groups is 1. The Morgan fingerprint density at radius 1 is 1.22 bits per heavy atom. The molecule has 1 amide bonds. The Balaban J connectivity index is 1.33. The first-order chi connectivity index (χ1) is 13.2. The number of nitrogens with one attached hydrogen (secondary N) is 1. The molecule has 4 heterocycles. The first-order valence-corrected chi connectivity index (χ1v) is 8.57. The number of ether oxygens (including phenoxy) is 1. The second kappa shape index (κ2) is 7.40. The Morgan fingerprint density at radius 2 is 2.07 bits per heavy atom. The molecule has 1 saturated heterocycles. The lowest BCUT2D eigenvalue weighted by atomic mass is 9.99. The van der Waals surface area contributed by atoms with Crippen molar-refractivity contribution in [1.29, 1.82) is 0 Å². The molecule has 4 rings (SSSR count). The maximum Gasteiger partial charge on any atom is 0.226 e. The summed E-state index contributed by atoms with van der Waals surface area (Å²) in [6.07, 6.45) is 6.69. The number of pyridine rings is 1. The van der Waals surface area contributed by atoms with Gasteiger partial charge in [-0.2, -0.15) is 5.10 Å². The van der Waals surface area contributed by atoms with Crippen molar-refractivity contribution in [1.82, 2.24) is 30.0 Å². The van der Waals surface area contributed by atoms with Crippen molar-refractivity contribution in [2.75, 3.05) is 25.1 Å². The zero-order valence-electron chi connectivity index (χ0n) is 14.8. The number of hydrogen-bond acceptors (Lipinski definition) is 7. The van der Waals surface area contributed by atoms with Gasteiger partial charge in [-0.3, -0.25) is 4.79 Å². The lowest BCUT2D eigenvalue weighted by Gasteiger charge is -2.39. The van der Waals surface area contributed by atoms with Gasteiger partial charge in [0.1, 0.15) is 12.1 Å². The molecule has 9 nitrogen and oxygen atoms in total. The van der Waals surface area contributed by atoms with Gasteiger partial charge in [0.05, 0.1) is 13.0 Å². The van der Waals surface area contributed by atoms with Crippen molar-refractivity contribution in [2.45, 2.75) is 6.54 Å². The van der Waals surface area contributed by atoms with E-state index in [1.807, 2.05) is 35.4 Å². The van der Waals surface area contributed by atoms with E-state index < -0.39 is 0 Å². The summed E-state index contributed by atoms with van der Waals surface area (Å²) in [5, 5.41) is 7.12. The first-order valence-electron chi connectivity index (χ1n) is 8.57. The second-order valence-electron chi connectivity index (χ2n) is 6.18. The van der Waals surface area contributed by atoms with Crippen LogP contribution in [-0.2, 0) is 11.3 Å². The van der Waals surface area contributed by atoms with Crippen molar-refractivity contribution in [2.24, 2.45) is 5.92 Å². The van der Waals surface area contributed by atoms with Crippen LogP contribution in [0.3, 0.4) is 0 Å². The summed E-state index contributed by atoms with van der Waals surface area (Å²) >= 11 is 0. The lowest BCUT2D eigenvalue weighted by Crippen LogP contribution is -2.54. The highest BCUT2D eigenvalue weighted by molar-refractivity contribution is 5.81. The smallest absolute Gasteiger partial charge is 0.226 e. The number of methoxy groups -OCH3 is 1. The Hall–Kier alpha value is -3.49. The number of hydrogen-bond donors (Lipinski definition) is 1. The molecular formula is C18H19N7O2. The van der Waals surface area contributed by atoms with Crippen LogP contribution in [0.1, 0.15) is 5.56 Å². The molecule has 0 bridgehead atoms. The molecule has 0 aromatic carbocycles. The van der Waals surface area contributed by atoms with Gasteiger partial charge in [0.15, 0.2) is 5.82 Å². The van der Waals surface area contributed by atoms with E-state index in [-0.39, 0.29) is 11.8 Å². The van der Waals surface area contributed by atoms with Crippen LogP contribution in [0.2, 0.25) is 0 Å². The van der Waals surface area contributed by atoms with Crippen LogP contribution in [0, 0.1) is 5.92 Å². The maximum atomic E-state index is 12.4. The minimum absolute atomic E-state index is 0.0125. The van der Waals surface area contributed by atoms with E-state index in [9.17, 15) is 4.79 Å². The Bertz CT molecular complexity index is 923. The van der Waals surface area contributed by atoms with Gasteiger partial charge in [0.2, 0.25) is 11.8 Å². The molecule has 3 aromatic rings. The normalized spacial score (nSPS) is 13.9. The summed E-state index contributed by atoms with van der Waals surface area (Å²) in [5.74, 6) is 1.95. The fraction of sp³-hybridized carbons (Fsp3) is 0.278. The molecule has 1 aliphatic rings. The average molecular weight is 365 g/mol. The SMILES string of the molecule is COc1ncccc1CNC(=O)C1CN(c2cc(-n3cccn3)ncn2)C1. The van der Waals surface area contributed by atoms with Gasteiger partial charge in [-0.05, 0) is 12.1 Å². The molecule has 138 valence electrons. The number of rotatable bonds is 6. The van der Waals surface area contributed by atoms with Crippen LogP contribution < -0.4 is 15.0 Å². The van der Waals surface area contributed by atoms with Crippen LogP contribution in [-0.4, -0.2) is 50.8 Å². The van der Waals surface area contributed by atoms with Gasteiger partial charge in [-0.25, -0.2) is 19.6 Å². The van der Waals surface area contributed by atoms with Crippen LogP contribution in [0.25, 0.3) is 5.82 Å². The summed E-state index contributed by atoms with van der Waals surface area (Å²) < 4.78 is 6.88. The van der Waals surface area contributed by atoms with E-state index in [1.54, 1.807) is 24.2 Å². The number of carbonyl (C=O) groups excluding carboxylic acids is 1. The van der Waals surface area contributed by atoms with Crippen LogP contribution in [0.4, 0.5) is 5.82 Å². The van der Waals surface area contributed by atoms with Gasteiger partial charge >= 0.3 is 0 Å². The summed E-state index contributed by atoms with van der Waals surface area (Å²) in [6, 6.07) is 7.41. The van der Waals surface area contributed by atoms with E-state index in [0.29, 0.717) is 31.3 Å². The molecule has 9 heteroatoms. The molecule has 1 aliphatic heterocycles. The van der Waals surface area contributed by atoms with Gasteiger partial charge in [0, 0.05) is 49.9 Å². The van der Waals surface area contributed by atoms with E-state index in [4.69, 9.17) is 4.74 Å². The van der Waals surface area contributed by atoms with Crippen molar-refractivity contribution >= 4 is 11.7 Å². The van der Waals surface area contributed by atoms with Crippen LogP contribution in [0.15, 0.2) is 49.2 Å². The third-order valence-corrected chi connectivity index (χ3v) is 4.45. The van der Waals surface area contributed by atoms with Crippen molar-refractivity contribution in [3.8, 4) is 11.7 Å². The van der Waals surface area contributed by atoms with Crippen molar-refractivity contribution in [3.63, 3.8) is 0 Å². The molecule has 1 fully saturated rings. The Labute approximate surface area is 156 Å². The Kier molecular flexibility index (Phi) is 4.65. The first kappa shape index (κ1) is 17.0. The highest BCUT2D eigenvalue weighted by Gasteiger charge is 2.33. The Morgan fingerprint density at radius 3 is 2.85 bits per heavy atom. The molecular weight excluding hydrogens is 346 g/mol. The van der Waals surface area contributed by atoms with Gasteiger partial charge in [-0.1, -0.05) is 6.07 Å². The fourth-order valence-corrected chi connectivity index (χ4v) is 2.94. The van der Waals surface area contributed by atoms with E-state index in [0.717, 1.165) is 11.4 Å². The third kappa shape index (κ3) is 3.57. The second-order valence-corrected chi connectivity index (χ2v) is 6.18. The van der Waals surface area contributed by atoms with Gasteiger partial charge < -0.3 is 15.0 Å². The number of amides is 1. The molecule has 3 aromatic heterocycles. The summed E-state index contributed by atoms with van der Waals surface area (Å²) in [6.45, 7) is 1.63. The van der Waals surface area contributed by atoms with Crippen LogP contribution >= 0.6 is 0 Å². The van der Waals surface area contributed by atoms with Crippen molar-refractivity contribution in [3.05, 3.63) is 54.7 Å². The zero-order valence-corrected chi connectivity index (χ0v) is 14.8. The third-order valence-electron chi connectivity index (χ3n) is 4.45. The van der Waals surface area contributed by atoms with E-state index in [1.165, 1.54) is 6.33 Å². The summed E-state index contributed by atoms with van der Waals surface area (Å²) in [7, 11) is 1.57. The number of nitrogens with zero attached hydrogens (tertiary/aromatic N) is 6. The molecule has 1 N–H and O–H groups in total. The van der Waals surface area contributed by atoms with Crippen LogP contribution in [0.5, 0.6) is 5.88 Å². The van der Waals surface area contributed by atoms with Gasteiger partial charge in [0.25, 0.3) is 0 Å². The minimum Gasteiger partial charge on any atom is -0.481 e. The zero-order chi connectivity index (χ0) is 18.6. The molecule has 0 unspecified atom stereocenters. The molecule has 27 heavy (non-hydrogen) atoms. The quantitative estimate of drug-likeness (QED) is 0.690. The van der Waals surface area contributed by atoms with Crippen molar-refractivity contribution < 1.29 is 9.53 Å². The van der Waals surface area contributed by atoms with Gasteiger partial charge in [-0.15, -0.1) is 0 Å². The monoisotopic (exact) mass is 365 g/mol. The topological polar surface area (TPSA) is 98.1 Å². The predicted molar refractivity (Wildman–Crippen MR) is 97.5 cm³/mol. The van der Waals surface area contributed by atoms with E-state index in [2.05, 4.69) is 25.4 Å². The lowest BCUT2D eigenvalue weighted by molar-refractivity contribution is -0.125. The number of anilines is 1. The highest BCUT2D eigenvalue weighted by Crippen LogP contribution is 2.24.